The van der Waals surface area contributed by atoms with E-state index in [9.17, 15) is 0 Å². The highest BCUT2D eigenvalue weighted by Gasteiger charge is 2.19. The van der Waals surface area contributed by atoms with Crippen molar-refractivity contribution in [1.82, 2.24) is 0 Å². The maximum Gasteiger partial charge on any atom is -0.0203 e. The molecular formula is C24H38. The van der Waals surface area contributed by atoms with Gasteiger partial charge in [0.05, 0.1) is 0 Å². The van der Waals surface area contributed by atoms with E-state index in [0.717, 1.165) is 11.8 Å². The zero-order valence-corrected chi connectivity index (χ0v) is 16.1. The summed E-state index contributed by atoms with van der Waals surface area (Å²) in [4.78, 5) is 0. The molecule has 0 radical (unpaired) electrons. The number of unbranched alkanes of at least 4 members (excludes halogenated alkanes) is 2. The number of rotatable bonds is 11. The minimum atomic E-state index is 0.857. The van der Waals surface area contributed by atoms with Gasteiger partial charge in [-0.1, -0.05) is 87.9 Å². The van der Waals surface area contributed by atoms with Crippen LogP contribution in [0.25, 0.3) is 0 Å². The number of hydrogen-bond acceptors (Lipinski definition) is 0. The Balaban J connectivity index is 1.77. The van der Waals surface area contributed by atoms with Crippen molar-refractivity contribution in [2.24, 2.45) is 11.8 Å². The highest BCUT2D eigenvalue weighted by Crippen LogP contribution is 2.35. The Labute approximate surface area is 150 Å². The molecule has 0 bridgehead atoms. The molecule has 0 aromatic heterocycles. The number of benzene rings is 1. The van der Waals surface area contributed by atoms with Gasteiger partial charge in [0.2, 0.25) is 0 Å². The first kappa shape index (κ1) is 19.3. The minimum Gasteiger partial charge on any atom is -0.0848 e. The van der Waals surface area contributed by atoms with Gasteiger partial charge in [-0.3, -0.25) is 0 Å². The molecule has 0 spiro atoms. The Morgan fingerprint density at radius 1 is 0.958 bits per heavy atom. The van der Waals surface area contributed by atoms with E-state index < -0.39 is 0 Å². The first-order valence-corrected chi connectivity index (χ1v) is 10.6. The lowest BCUT2D eigenvalue weighted by atomic mass is 9.78. The third-order valence-electron chi connectivity index (χ3n) is 5.79. The molecule has 0 heteroatoms. The Hall–Kier alpha value is -1.04. The molecule has 1 aliphatic carbocycles. The van der Waals surface area contributed by atoms with Crippen molar-refractivity contribution in [2.75, 3.05) is 0 Å². The summed E-state index contributed by atoms with van der Waals surface area (Å²) in [6.07, 6.45) is 19.2. The first-order chi connectivity index (χ1) is 11.8. The van der Waals surface area contributed by atoms with Gasteiger partial charge in [-0.2, -0.15) is 0 Å². The summed E-state index contributed by atoms with van der Waals surface area (Å²) < 4.78 is 0. The maximum atomic E-state index is 2.64. The van der Waals surface area contributed by atoms with Crippen molar-refractivity contribution in [3.05, 3.63) is 47.5 Å². The van der Waals surface area contributed by atoms with Gasteiger partial charge in [-0.15, -0.1) is 0 Å². The second-order valence-corrected chi connectivity index (χ2v) is 7.78. The third-order valence-corrected chi connectivity index (χ3v) is 5.79. The lowest BCUT2D eigenvalue weighted by Crippen LogP contribution is -2.12. The van der Waals surface area contributed by atoms with Crippen LogP contribution in [0.4, 0.5) is 0 Å². The van der Waals surface area contributed by atoms with E-state index in [1.165, 1.54) is 82.6 Å². The molecule has 2 rings (SSSR count). The highest BCUT2D eigenvalue weighted by atomic mass is 14.3. The van der Waals surface area contributed by atoms with Crippen molar-refractivity contribution in [2.45, 2.75) is 90.9 Å². The van der Waals surface area contributed by atoms with Gasteiger partial charge in [0.1, 0.15) is 0 Å². The zero-order chi connectivity index (χ0) is 17.0. The van der Waals surface area contributed by atoms with Crippen molar-refractivity contribution in [1.29, 1.82) is 0 Å². The fraction of sp³-hybridized carbons (Fsp3) is 0.667. The molecule has 0 saturated carbocycles. The largest absolute Gasteiger partial charge is 0.0848 e. The minimum absolute atomic E-state index is 0.857. The highest BCUT2D eigenvalue weighted by molar-refractivity contribution is 5.15. The lowest BCUT2D eigenvalue weighted by Gasteiger charge is -2.27. The molecule has 0 N–H and O–H groups in total. The molecule has 2 unspecified atom stereocenters. The molecule has 2 atom stereocenters. The molecule has 0 fully saturated rings. The average molecular weight is 327 g/mol. The molecule has 1 aliphatic rings. The first-order valence-electron chi connectivity index (χ1n) is 10.6. The molecule has 0 amide bonds. The number of hydrogen-bond donors (Lipinski definition) is 0. The van der Waals surface area contributed by atoms with Crippen LogP contribution in [0.2, 0.25) is 0 Å². The van der Waals surface area contributed by atoms with Crippen molar-refractivity contribution in [3.63, 3.8) is 0 Å². The molecule has 1 aromatic rings. The molecular weight excluding hydrogens is 288 g/mol. The van der Waals surface area contributed by atoms with Crippen LogP contribution < -0.4 is 0 Å². The van der Waals surface area contributed by atoms with Gasteiger partial charge in [0.25, 0.3) is 0 Å². The zero-order valence-electron chi connectivity index (χ0n) is 16.1. The van der Waals surface area contributed by atoms with Gasteiger partial charge in [0.15, 0.2) is 0 Å². The Bertz CT molecular complexity index is 456. The van der Waals surface area contributed by atoms with Crippen molar-refractivity contribution >= 4 is 0 Å². The van der Waals surface area contributed by atoms with Crippen LogP contribution in [0.15, 0.2) is 42.0 Å². The Morgan fingerprint density at radius 2 is 1.79 bits per heavy atom. The quantitative estimate of drug-likeness (QED) is 0.288. The van der Waals surface area contributed by atoms with Crippen LogP contribution in [0.1, 0.15) is 90.0 Å². The van der Waals surface area contributed by atoms with Crippen molar-refractivity contribution in [3.8, 4) is 0 Å². The van der Waals surface area contributed by atoms with Crippen molar-refractivity contribution < 1.29 is 0 Å². The summed E-state index contributed by atoms with van der Waals surface area (Å²) in [5.41, 5.74) is 3.30. The van der Waals surface area contributed by atoms with Crippen LogP contribution in [0.3, 0.4) is 0 Å². The standard InChI is InChI=1S/C24H38/c1-3-5-7-12-22-17-19-24(20-18-22)23(11-4-2)16-10-15-21-13-8-6-9-14-21/h6,8-9,13-14,19,22-23H,3-5,7,10-12,15-18,20H2,1-2H3. The second-order valence-electron chi connectivity index (χ2n) is 7.78. The fourth-order valence-electron chi connectivity index (χ4n) is 4.29. The topological polar surface area (TPSA) is 0 Å². The summed E-state index contributed by atoms with van der Waals surface area (Å²) >= 11 is 0. The summed E-state index contributed by atoms with van der Waals surface area (Å²) in [6, 6.07) is 11.0. The monoisotopic (exact) mass is 326 g/mol. The van der Waals surface area contributed by atoms with Gasteiger partial charge >= 0.3 is 0 Å². The van der Waals surface area contributed by atoms with E-state index in [1.54, 1.807) is 5.57 Å². The van der Waals surface area contributed by atoms with Gasteiger partial charge in [-0.25, -0.2) is 0 Å². The predicted molar refractivity (Wildman–Crippen MR) is 107 cm³/mol. The Morgan fingerprint density at radius 3 is 2.46 bits per heavy atom. The smallest absolute Gasteiger partial charge is 0.0203 e. The number of allylic oxidation sites excluding steroid dienone is 2. The van der Waals surface area contributed by atoms with E-state index in [-0.39, 0.29) is 0 Å². The van der Waals surface area contributed by atoms with Crippen LogP contribution in [0.5, 0.6) is 0 Å². The van der Waals surface area contributed by atoms with Gasteiger partial charge < -0.3 is 0 Å². The summed E-state index contributed by atoms with van der Waals surface area (Å²) in [6.45, 7) is 4.66. The van der Waals surface area contributed by atoms with E-state index in [4.69, 9.17) is 0 Å². The molecule has 0 aliphatic heterocycles. The van der Waals surface area contributed by atoms with Gasteiger partial charge in [0, 0.05) is 0 Å². The van der Waals surface area contributed by atoms with Crippen LogP contribution in [0, 0.1) is 11.8 Å². The van der Waals surface area contributed by atoms with Crippen LogP contribution in [-0.4, -0.2) is 0 Å². The molecule has 0 heterocycles. The summed E-state index contributed by atoms with van der Waals surface area (Å²) in [7, 11) is 0. The molecule has 134 valence electrons. The normalized spacial score (nSPS) is 19.1. The SMILES string of the molecule is CCCCCC1CC=C(C(CCC)CCCc2ccccc2)CC1. The van der Waals surface area contributed by atoms with E-state index >= 15 is 0 Å². The fourth-order valence-corrected chi connectivity index (χ4v) is 4.29. The molecule has 0 saturated heterocycles. The third kappa shape index (κ3) is 6.83. The Kier molecular flexibility index (Phi) is 9.24. The second kappa shape index (κ2) is 11.5. The summed E-state index contributed by atoms with van der Waals surface area (Å²) in [5.74, 6) is 1.84. The number of aryl methyl sites for hydroxylation is 1. The summed E-state index contributed by atoms with van der Waals surface area (Å²) in [5, 5.41) is 0. The van der Waals surface area contributed by atoms with Crippen LogP contribution in [-0.2, 0) is 6.42 Å². The maximum absolute atomic E-state index is 2.64. The molecule has 0 nitrogen and oxygen atoms in total. The lowest BCUT2D eigenvalue weighted by molar-refractivity contribution is 0.386. The molecule has 1 aromatic carbocycles. The van der Waals surface area contributed by atoms with E-state index in [2.05, 4.69) is 50.3 Å². The van der Waals surface area contributed by atoms with Gasteiger partial charge in [-0.05, 0) is 62.3 Å². The van der Waals surface area contributed by atoms with E-state index in [1.807, 2.05) is 0 Å². The van der Waals surface area contributed by atoms with E-state index in [0.29, 0.717) is 0 Å². The molecule has 24 heavy (non-hydrogen) atoms. The average Bonchev–Trinajstić information content (AvgIpc) is 2.63. The van der Waals surface area contributed by atoms with Crippen LogP contribution >= 0.6 is 0 Å². The predicted octanol–water partition coefficient (Wildman–Crippen LogP) is 7.73.